The summed E-state index contributed by atoms with van der Waals surface area (Å²) in [5.74, 6) is 0.572. The van der Waals surface area contributed by atoms with Gasteiger partial charge in [-0.05, 0) is 47.9 Å². The molecule has 2 heterocycles. The fraction of sp³-hybridized carbons (Fsp3) is 0.375. The molecule has 2 N–H and O–H groups in total. The quantitative estimate of drug-likeness (QED) is 0.593. The number of alkyl halides is 3. The van der Waals surface area contributed by atoms with Crippen molar-refractivity contribution in [3.05, 3.63) is 72.0 Å². The van der Waals surface area contributed by atoms with Gasteiger partial charge in [-0.15, -0.1) is 0 Å². The van der Waals surface area contributed by atoms with E-state index in [9.17, 15) is 13.2 Å². The highest BCUT2D eigenvalue weighted by molar-refractivity contribution is 5.78. The van der Waals surface area contributed by atoms with E-state index in [-0.39, 0.29) is 6.61 Å². The third-order valence-corrected chi connectivity index (χ3v) is 5.58. The first kappa shape index (κ1) is 23.8. The van der Waals surface area contributed by atoms with Crippen LogP contribution in [0.1, 0.15) is 18.1 Å². The van der Waals surface area contributed by atoms with E-state index in [4.69, 9.17) is 5.11 Å². The summed E-state index contributed by atoms with van der Waals surface area (Å²) in [6.45, 7) is 10.6. The molecule has 5 nitrogen and oxygen atoms in total. The average Bonchev–Trinajstić information content (AvgIpc) is 2.81. The van der Waals surface area contributed by atoms with E-state index < -0.39 is 11.7 Å². The highest BCUT2D eigenvalue weighted by atomic mass is 19.4. The van der Waals surface area contributed by atoms with Crippen molar-refractivity contribution in [2.24, 2.45) is 0 Å². The maximum absolute atomic E-state index is 12.7. The van der Waals surface area contributed by atoms with Crippen LogP contribution in [-0.2, 0) is 6.18 Å². The number of nitrogens with one attached hydrogen (secondary N) is 1. The smallest absolute Gasteiger partial charge is 0.395 e. The van der Waals surface area contributed by atoms with Gasteiger partial charge in [0.05, 0.1) is 12.2 Å². The molecule has 1 aliphatic rings. The molecule has 0 saturated carbocycles. The van der Waals surface area contributed by atoms with Crippen LogP contribution < -0.4 is 10.2 Å². The average molecular weight is 447 g/mol. The Labute approximate surface area is 186 Å². The van der Waals surface area contributed by atoms with Gasteiger partial charge in [0.2, 0.25) is 0 Å². The fourth-order valence-electron chi connectivity index (χ4n) is 3.65. The monoisotopic (exact) mass is 446 g/mol. The number of aliphatic hydroxyl groups is 1. The predicted octanol–water partition coefficient (Wildman–Crippen LogP) is 4.29. The number of halogens is 3. The molecule has 2 aromatic rings. The first-order valence-corrected chi connectivity index (χ1v) is 10.6. The number of hydrogen-bond acceptors (Lipinski definition) is 5. The number of anilines is 2. The molecule has 0 amide bonds. The van der Waals surface area contributed by atoms with E-state index in [0.29, 0.717) is 25.5 Å². The number of hydrogen-bond donors (Lipinski definition) is 2. The van der Waals surface area contributed by atoms with Crippen LogP contribution in [0.4, 0.5) is 24.7 Å². The topological polar surface area (TPSA) is 51.6 Å². The molecule has 8 heteroatoms. The van der Waals surface area contributed by atoms with Crippen molar-refractivity contribution in [1.29, 1.82) is 0 Å². The first-order valence-electron chi connectivity index (χ1n) is 10.6. The van der Waals surface area contributed by atoms with Gasteiger partial charge in [0, 0.05) is 51.2 Å². The first-order chi connectivity index (χ1) is 15.3. The molecule has 0 unspecified atom stereocenters. The molecule has 0 aliphatic carbocycles. The molecular formula is C24H29F3N4O. The summed E-state index contributed by atoms with van der Waals surface area (Å²) in [6, 6.07) is 10.5. The molecule has 1 saturated heterocycles. The molecular weight excluding hydrogens is 417 g/mol. The zero-order valence-corrected chi connectivity index (χ0v) is 18.2. The van der Waals surface area contributed by atoms with E-state index in [2.05, 4.69) is 27.9 Å². The van der Waals surface area contributed by atoms with Gasteiger partial charge in [0.1, 0.15) is 5.82 Å². The number of rotatable bonds is 8. The molecule has 172 valence electrons. The fourth-order valence-corrected chi connectivity index (χ4v) is 3.65. The van der Waals surface area contributed by atoms with Crippen molar-refractivity contribution in [3.63, 3.8) is 0 Å². The van der Waals surface area contributed by atoms with Gasteiger partial charge in [-0.1, -0.05) is 24.8 Å². The van der Waals surface area contributed by atoms with Crippen LogP contribution in [-0.4, -0.2) is 60.9 Å². The Kier molecular flexibility index (Phi) is 7.93. The van der Waals surface area contributed by atoms with Crippen molar-refractivity contribution in [2.75, 3.05) is 56.1 Å². The second kappa shape index (κ2) is 10.7. The standard InChI is InChI=1S/C24H29F3N4O/c1-3-19(18(2)20-4-7-22(8-5-20)28-10-15-32)17-30-11-13-31(14-12-30)23-9-6-21(16-29-23)24(25,26)27/h3-9,16,28,32H,2,10-15,17H2,1H3/b19-3-. The van der Waals surface area contributed by atoms with Crippen molar-refractivity contribution < 1.29 is 18.3 Å². The largest absolute Gasteiger partial charge is 0.417 e. The van der Waals surface area contributed by atoms with Gasteiger partial charge >= 0.3 is 6.18 Å². The molecule has 0 atom stereocenters. The normalized spacial score (nSPS) is 15.7. The summed E-state index contributed by atoms with van der Waals surface area (Å²) < 4.78 is 38.2. The number of benzene rings is 1. The van der Waals surface area contributed by atoms with Crippen LogP contribution in [0.3, 0.4) is 0 Å². The molecule has 1 aromatic heterocycles. The minimum atomic E-state index is -4.37. The van der Waals surface area contributed by atoms with Gasteiger partial charge in [-0.25, -0.2) is 4.98 Å². The third kappa shape index (κ3) is 6.11. The predicted molar refractivity (Wildman–Crippen MR) is 123 cm³/mol. The minimum absolute atomic E-state index is 0.0827. The lowest BCUT2D eigenvalue weighted by atomic mass is 9.98. The molecule has 0 radical (unpaired) electrons. The maximum atomic E-state index is 12.7. The highest BCUT2D eigenvalue weighted by Gasteiger charge is 2.31. The number of nitrogens with zero attached hydrogens (tertiary/aromatic N) is 3. The second-order valence-electron chi connectivity index (χ2n) is 7.69. The molecule has 0 spiro atoms. The minimum Gasteiger partial charge on any atom is -0.395 e. The van der Waals surface area contributed by atoms with Gasteiger partial charge in [0.25, 0.3) is 0 Å². The van der Waals surface area contributed by atoms with E-state index in [1.165, 1.54) is 6.07 Å². The summed E-state index contributed by atoms with van der Waals surface area (Å²) in [4.78, 5) is 8.34. The number of aliphatic hydroxyl groups excluding tert-OH is 1. The van der Waals surface area contributed by atoms with Crippen molar-refractivity contribution >= 4 is 17.1 Å². The molecule has 1 aromatic carbocycles. The number of pyridine rings is 1. The summed E-state index contributed by atoms with van der Waals surface area (Å²) in [5, 5.41) is 12.0. The Bertz CT molecular complexity index is 916. The van der Waals surface area contributed by atoms with Crippen molar-refractivity contribution in [3.8, 4) is 0 Å². The van der Waals surface area contributed by atoms with E-state index in [0.717, 1.165) is 54.3 Å². The number of allylic oxidation sites excluding steroid dienone is 1. The molecule has 32 heavy (non-hydrogen) atoms. The zero-order valence-electron chi connectivity index (χ0n) is 18.2. The van der Waals surface area contributed by atoms with E-state index >= 15 is 0 Å². The van der Waals surface area contributed by atoms with Crippen LogP contribution in [0.25, 0.3) is 5.57 Å². The Morgan fingerprint density at radius 3 is 2.34 bits per heavy atom. The van der Waals surface area contributed by atoms with Crippen LogP contribution in [0.15, 0.2) is 60.8 Å². The van der Waals surface area contributed by atoms with Crippen molar-refractivity contribution in [1.82, 2.24) is 9.88 Å². The lowest BCUT2D eigenvalue weighted by Crippen LogP contribution is -2.47. The Morgan fingerprint density at radius 2 is 1.81 bits per heavy atom. The van der Waals surface area contributed by atoms with Crippen LogP contribution in [0.2, 0.25) is 0 Å². The lowest BCUT2D eigenvalue weighted by Gasteiger charge is -2.36. The number of piperazine rings is 1. The van der Waals surface area contributed by atoms with Crippen LogP contribution >= 0.6 is 0 Å². The Balaban J connectivity index is 1.54. The van der Waals surface area contributed by atoms with Gasteiger partial charge in [-0.3, -0.25) is 4.90 Å². The zero-order chi connectivity index (χ0) is 23.1. The number of aromatic nitrogens is 1. The Morgan fingerprint density at radius 1 is 1.12 bits per heavy atom. The molecule has 1 fully saturated rings. The van der Waals surface area contributed by atoms with Crippen LogP contribution in [0.5, 0.6) is 0 Å². The van der Waals surface area contributed by atoms with E-state index in [1.807, 2.05) is 36.1 Å². The third-order valence-electron chi connectivity index (χ3n) is 5.58. The summed E-state index contributed by atoms with van der Waals surface area (Å²) in [6.07, 6.45) is -1.40. The molecule has 3 rings (SSSR count). The summed E-state index contributed by atoms with van der Waals surface area (Å²) >= 11 is 0. The maximum Gasteiger partial charge on any atom is 0.417 e. The van der Waals surface area contributed by atoms with Gasteiger partial charge in [0.15, 0.2) is 0 Å². The highest BCUT2D eigenvalue weighted by Crippen LogP contribution is 2.29. The Hall–Kier alpha value is -2.84. The molecule has 1 aliphatic heterocycles. The molecule has 0 bridgehead atoms. The SMILES string of the molecule is C=C(/C(=C\C)CN1CCN(c2ccc(C(F)(F)F)cn2)CC1)c1ccc(NCCO)cc1. The summed E-state index contributed by atoms with van der Waals surface area (Å²) in [7, 11) is 0. The van der Waals surface area contributed by atoms with Gasteiger partial charge in [-0.2, -0.15) is 13.2 Å². The van der Waals surface area contributed by atoms with Gasteiger partial charge < -0.3 is 15.3 Å². The van der Waals surface area contributed by atoms with Crippen LogP contribution in [0, 0.1) is 0 Å². The van der Waals surface area contributed by atoms with E-state index in [1.54, 1.807) is 0 Å². The summed E-state index contributed by atoms with van der Waals surface area (Å²) in [5.41, 5.74) is 3.37. The van der Waals surface area contributed by atoms with Crippen molar-refractivity contribution in [2.45, 2.75) is 13.1 Å². The second-order valence-corrected chi connectivity index (χ2v) is 7.69. The lowest BCUT2D eigenvalue weighted by molar-refractivity contribution is -0.137.